The maximum absolute atomic E-state index is 13.1. The van der Waals surface area contributed by atoms with Crippen LogP contribution in [0.4, 0.5) is 4.39 Å². The Morgan fingerprint density at radius 3 is 2.68 bits per heavy atom. The molecule has 0 N–H and O–H groups in total. The van der Waals surface area contributed by atoms with Crippen LogP contribution in [0.2, 0.25) is 0 Å². The van der Waals surface area contributed by atoms with Crippen LogP contribution in [0.15, 0.2) is 48.5 Å². The third kappa shape index (κ3) is 2.81. The topological polar surface area (TPSA) is 29.5 Å². The number of carbonyl (C=O) groups is 1. The third-order valence-electron chi connectivity index (χ3n) is 3.64. The highest BCUT2D eigenvalue weighted by atomic mass is 32.2. The molecular formula is C17H16FNO2S. The minimum Gasteiger partial charge on any atom is -0.496 e. The highest BCUT2D eigenvalue weighted by Crippen LogP contribution is 2.39. The van der Waals surface area contributed by atoms with Crippen LogP contribution >= 0.6 is 11.8 Å². The maximum atomic E-state index is 13.1. The number of methoxy groups -OCH3 is 1. The quantitative estimate of drug-likeness (QED) is 0.864. The fraction of sp³-hybridized carbons (Fsp3) is 0.235. The van der Waals surface area contributed by atoms with Gasteiger partial charge in [0.05, 0.1) is 12.7 Å². The maximum Gasteiger partial charge on any atom is 0.258 e. The van der Waals surface area contributed by atoms with Crippen LogP contribution in [-0.4, -0.2) is 30.2 Å². The molecule has 3 nitrogen and oxygen atoms in total. The molecule has 1 aliphatic heterocycles. The van der Waals surface area contributed by atoms with E-state index in [4.69, 9.17) is 4.74 Å². The minimum atomic E-state index is -0.269. The Morgan fingerprint density at radius 2 is 1.95 bits per heavy atom. The van der Waals surface area contributed by atoms with Gasteiger partial charge >= 0.3 is 0 Å². The van der Waals surface area contributed by atoms with Crippen molar-refractivity contribution in [3.8, 4) is 5.75 Å². The predicted molar refractivity (Wildman–Crippen MR) is 85.6 cm³/mol. The molecule has 5 heteroatoms. The zero-order chi connectivity index (χ0) is 15.5. The summed E-state index contributed by atoms with van der Waals surface area (Å²) in [5.74, 6) is 1.11. The first-order chi connectivity index (χ1) is 10.7. The smallest absolute Gasteiger partial charge is 0.258 e. The number of para-hydroxylation sites is 1. The monoisotopic (exact) mass is 317 g/mol. The number of carbonyl (C=O) groups excluding carboxylic acids is 1. The number of thioether (sulfide) groups is 1. The molecule has 1 aliphatic rings. The summed E-state index contributed by atoms with van der Waals surface area (Å²) in [4.78, 5) is 14.7. The van der Waals surface area contributed by atoms with Crippen molar-refractivity contribution in [3.63, 3.8) is 0 Å². The number of halogens is 1. The first-order valence-electron chi connectivity index (χ1n) is 7.02. The van der Waals surface area contributed by atoms with E-state index in [1.165, 1.54) is 12.1 Å². The highest BCUT2D eigenvalue weighted by Gasteiger charge is 2.32. The molecule has 0 bridgehead atoms. The van der Waals surface area contributed by atoms with Crippen LogP contribution in [0.5, 0.6) is 5.75 Å². The second kappa shape index (κ2) is 6.40. The van der Waals surface area contributed by atoms with Gasteiger partial charge in [-0.25, -0.2) is 4.39 Å². The van der Waals surface area contributed by atoms with Crippen LogP contribution in [0.25, 0.3) is 0 Å². The molecule has 2 aromatic rings. The molecule has 114 valence electrons. The largest absolute Gasteiger partial charge is 0.496 e. The molecule has 1 saturated heterocycles. The van der Waals surface area contributed by atoms with E-state index in [2.05, 4.69) is 0 Å². The molecule has 3 rings (SSSR count). The lowest BCUT2D eigenvalue weighted by Gasteiger charge is -2.25. The molecule has 1 fully saturated rings. The van der Waals surface area contributed by atoms with Gasteiger partial charge < -0.3 is 9.64 Å². The second-order valence-electron chi connectivity index (χ2n) is 4.97. The summed E-state index contributed by atoms with van der Waals surface area (Å²) < 4.78 is 18.4. The van der Waals surface area contributed by atoms with E-state index >= 15 is 0 Å². The number of hydrogen-bond acceptors (Lipinski definition) is 3. The highest BCUT2D eigenvalue weighted by molar-refractivity contribution is 7.99. The van der Waals surface area contributed by atoms with E-state index in [0.29, 0.717) is 17.9 Å². The van der Waals surface area contributed by atoms with E-state index in [9.17, 15) is 9.18 Å². The van der Waals surface area contributed by atoms with Gasteiger partial charge in [-0.15, -0.1) is 11.8 Å². The van der Waals surface area contributed by atoms with Gasteiger partial charge in [0.1, 0.15) is 16.9 Å². The van der Waals surface area contributed by atoms with E-state index < -0.39 is 0 Å². The Kier molecular flexibility index (Phi) is 4.34. The van der Waals surface area contributed by atoms with Crippen LogP contribution in [0.3, 0.4) is 0 Å². The van der Waals surface area contributed by atoms with Crippen molar-refractivity contribution >= 4 is 17.7 Å². The molecule has 1 amide bonds. The van der Waals surface area contributed by atoms with Gasteiger partial charge in [0, 0.05) is 12.3 Å². The standard InChI is InChI=1S/C17H16FNO2S/c1-21-15-5-3-2-4-14(15)16(20)19-10-11-22-17(19)12-6-8-13(18)9-7-12/h2-9,17H,10-11H2,1H3. The molecule has 0 saturated carbocycles. The van der Waals surface area contributed by atoms with Gasteiger partial charge in [0.15, 0.2) is 0 Å². The first kappa shape index (κ1) is 14.9. The molecule has 0 aliphatic carbocycles. The average Bonchev–Trinajstić information content (AvgIpc) is 3.04. The van der Waals surface area contributed by atoms with Crippen molar-refractivity contribution in [2.75, 3.05) is 19.4 Å². The molecule has 1 unspecified atom stereocenters. The summed E-state index contributed by atoms with van der Waals surface area (Å²) in [6.07, 6.45) is 0. The van der Waals surface area contributed by atoms with Gasteiger partial charge in [-0.05, 0) is 29.8 Å². The zero-order valence-corrected chi connectivity index (χ0v) is 13.0. The van der Waals surface area contributed by atoms with Crippen molar-refractivity contribution in [1.29, 1.82) is 0 Å². The van der Waals surface area contributed by atoms with E-state index in [1.54, 1.807) is 43.1 Å². The summed E-state index contributed by atoms with van der Waals surface area (Å²) in [5, 5.41) is -0.0852. The predicted octanol–water partition coefficient (Wildman–Crippen LogP) is 3.72. The fourth-order valence-electron chi connectivity index (χ4n) is 2.56. The molecule has 2 aromatic carbocycles. The van der Waals surface area contributed by atoms with E-state index in [0.717, 1.165) is 11.3 Å². The van der Waals surface area contributed by atoms with Crippen LogP contribution in [-0.2, 0) is 0 Å². The van der Waals surface area contributed by atoms with E-state index in [1.807, 2.05) is 17.0 Å². The number of rotatable bonds is 3. The van der Waals surface area contributed by atoms with Gasteiger partial charge in [0.25, 0.3) is 5.91 Å². The molecule has 0 aromatic heterocycles. The Morgan fingerprint density at radius 1 is 1.23 bits per heavy atom. The fourth-order valence-corrected chi connectivity index (χ4v) is 3.81. The number of amides is 1. The summed E-state index contributed by atoms with van der Waals surface area (Å²) >= 11 is 1.69. The lowest BCUT2D eigenvalue weighted by molar-refractivity contribution is 0.0757. The number of hydrogen-bond donors (Lipinski definition) is 0. The normalized spacial score (nSPS) is 17.5. The lowest BCUT2D eigenvalue weighted by Crippen LogP contribution is -2.30. The molecular weight excluding hydrogens is 301 g/mol. The Labute approximate surface area is 133 Å². The molecule has 1 heterocycles. The van der Waals surface area contributed by atoms with Gasteiger partial charge in [-0.1, -0.05) is 24.3 Å². The van der Waals surface area contributed by atoms with Crippen LogP contribution < -0.4 is 4.74 Å². The second-order valence-corrected chi connectivity index (χ2v) is 6.16. The summed E-state index contributed by atoms with van der Waals surface area (Å²) in [6, 6.07) is 13.6. The van der Waals surface area contributed by atoms with Gasteiger partial charge in [-0.3, -0.25) is 4.79 Å². The van der Waals surface area contributed by atoms with Crippen molar-refractivity contribution < 1.29 is 13.9 Å². The minimum absolute atomic E-state index is 0.0585. The molecule has 22 heavy (non-hydrogen) atoms. The lowest BCUT2D eigenvalue weighted by atomic mass is 10.1. The number of benzene rings is 2. The van der Waals surface area contributed by atoms with Crippen LogP contribution in [0.1, 0.15) is 21.3 Å². The Balaban J connectivity index is 1.89. The van der Waals surface area contributed by atoms with Gasteiger partial charge in [0.2, 0.25) is 0 Å². The van der Waals surface area contributed by atoms with Gasteiger partial charge in [-0.2, -0.15) is 0 Å². The van der Waals surface area contributed by atoms with Crippen molar-refractivity contribution in [2.24, 2.45) is 0 Å². The first-order valence-corrected chi connectivity index (χ1v) is 8.06. The SMILES string of the molecule is COc1ccccc1C(=O)N1CCSC1c1ccc(F)cc1. The Hall–Kier alpha value is -2.01. The van der Waals surface area contributed by atoms with E-state index in [-0.39, 0.29) is 17.1 Å². The molecule has 0 radical (unpaired) electrons. The summed E-state index contributed by atoms with van der Waals surface area (Å²) in [6.45, 7) is 0.670. The average molecular weight is 317 g/mol. The summed E-state index contributed by atoms with van der Waals surface area (Å²) in [7, 11) is 1.56. The number of ether oxygens (including phenoxy) is 1. The van der Waals surface area contributed by atoms with Crippen LogP contribution in [0, 0.1) is 5.82 Å². The molecule has 0 spiro atoms. The zero-order valence-electron chi connectivity index (χ0n) is 12.2. The van der Waals surface area contributed by atoms with Crippen molar-refractivity contribution in [2.45, 2.75) is 5.37 Å². The Bertz CT molecular complexity index is 675. The van der Waals surface area contributed by atoms with Crippen molar-refractivity contribution in [3.05, 3.63) is 65.5 Å². The van der Waals surface area contributed by atoms with Crippen molar-refractivity contribution in [1.82, 2.24) is 4.90 Å². The number of nitrogens with zero attached hydrogens (tertiary/aromatic N) is 1. The summed E-state index contributed by atoms with van der Waals surface area (Å²) in [5.41, 5.74) is 1.49. The third-order valence-corrected chi connectivity index (χ3v) is 4.91. The molecule has 1 atom stereocenters.